The number of nitrogens with zero attached hydrogens (tertiary/aromatic N) is 5. The molecule has 7 nitrogen and oxygen atoms in total. The number of nitrogens with two attached hydrogens (primary N) is 1. The highest BCUT2D eigenvalue weighted by Gasteiger charge is 2.19. The summed E-state index contributed by atoms with van der Waals surface area (Å²) in [5.74, 6) is -0.254. The van der Waals surface area contributed by atoms with E-state index >= 15 is 0 Å². The van der Waals surface area contributed by atoms with Crippen LogP contribution in [0.3, 0.4) is 0 Å². The third kappa shape index (κ3) is 3.05. The lowest BCUT2D eigenvalue weighted by atomic mass is 10.0. The maximum absolute atomic E-state index is 14.1. The Labute approximate surface area is 166 Å². The van der Waals surface area contributed by atoms with Crippen molar-refractivity contribution in [3.05, 3.63) is 48.8 Å². The van der Waals surface area contributed by atoms with Crippen molar-refractivity contribution in [3.63, 3.8) is 0 Å². The van der Waals surface area contributed by atoms with Crippen molar-refractivity contribution in [3.8, 4) is 16.9 Å². The molecular weight excluding hydrogens is 371 g/mol. The van der Waals surface area contributed by atoms with Gasteiger partial charge in [0.2, 0.25) is 0 Å². The molecule has 0 amide bonds. The zero-order valence-electron chi connectivity index (χ0n) is 16.0. The lowest BCUT2D eigenvalue weighted by Gasteiger charge is -2.31. The lowest BCUT2D eigenvalue weighted by Crippen LogP contribution is -2.39. The summed E-state index contributed by atoms with van der Waals surface area (Å²) < 4.78 is 21.0. The monoisotopic (exact) mass is 392 g/mol. The van der Waals surface area contributed by atoms with Crippen LogP contribution in [0.1, 0.15) is 12.8 Å². The van der Waals surface area contributed by atoms with Crippen LogP contribution < -0.4 is 15.4 Å². The van der Waals surface area contributed by atoms with Gasteiger partial charge in [-0.15, -0.1) is 0 Å². The molecule has 0 saturated carbocycles. The van der Waals surface area contributed by atoms with Crippen molar-refractivity contribution in [2.24, 2.45) is 5.73 Å². The van der Waals surface area contributed by atoms with Gasteiger partial charge in [0.15, 0.2) is 17.2 Å². The smallest absolute Gasteiger partial charge is 0.167 e. The first-order chi connectivity index (χ1) is 14.1. The Morgan fingerprint density at radius 2 is 1.97 bits per heavy atom. The molecule has 1 aliphatic rings. The average molecular weight is 392 g/mol. The number of aromatic nitrogens is 4. The second-order valence-electron chi connectivity index (χ2n) is 7.33. The zero-order valence-corrected chi connectivity index (χ0v) is 16.0. The van der Waals surface area contributed by atoms with Crippen molar-refractivity contribution in [1.82, 2.24) is 19.6 Å². The Balaban J connectivity index is 1.59. The summed E-state index contributed by atoms with van der Waals surface area (Å²) in [7, 11) is 1.45. The number of pyridine rings is 1. The summed E-state index contributed by atoms with van der Waals surface area (Å²) in [6, 6.07) is 5.22. The highest BCUT2D eigenvalue weighted by molar-refractivity contribution is 5.98. The molecule has 29 heavy (non-hydrogen) atoms. The molecule has 1 aromatic carbocycles. The minimum Gasteiger partial charge on any atom is -0.494 e. The summed E-state index contributed by atoms with van der Waals surface area (Å²) in [6.07, 6.45) is 9.27. The van der Waals surface area contributed by atoms with Crippen LogP contribution in [0, 0.1) is 5.82 Å². The number of benzene rings is 1. The van der Waals surface area contributed by atoms with E-state index in [1.165, 1.54) is 13.2 Å². The van der Waals surface area contributed by atoms with Gasteiger partial charge < -0.3 is 15.4 Å². The molecule has 0 radical (unpaired) electrons. The van der Waals surface area contributed by atoms with E-state index in [4.69, 9.17) is 10.5 Å². The third-order valence-electron chi connectivity index (χ3n) is 5.55. The van der Waals surface area contributed by atoms with E-state index in [1.807, 2.05) is 18.5 Å². The molecule has 0 atom stereocenters. The van der Waals surface area contributed by atoms with Crippen LogP contribution >= 0.6 is 0 Å². The van der Waals surface area contributed by atoms with Gasteiger partial charge in [0.25, 0.3) is 0 Å². The molecule has 148 valence electrons. The van der Waals surface area contributed by atoms with E-state index in [-0.39, 0.29) is 11.8 Å². The number of methoxy groups -OCH3 is 1. The minimum absolute atomic E-state index is 0.182. The second-order valence-corrected chi connectivity index (χ2v) is 7.33. The highest BCUT2D eigenvalue weighted by Crippen LogP contribution is 2.33. The van der Waals surface area contributed by atoms with Crippen molar-refractivity contribution >= 4 is 22.2 Å². The predicted molar refractivity (Wildman–Crippen MR) is 110 cm³/mol. The third-order valence-corrected chi connectivity index (χ3v) is 5.55. The topological polar surface area (TPSA) is 81.6 Å². The fraction of sp³-hybridized carbons (Fsp3) is 0.286. The number of fused-ring (bicyclic) bond motifs is 2. The molecule has 1 fully saturated rings. The lowest BCUT2D eigenvalue weighted by molar-refractivity contribution is 0.387. The van der Waals surface area contributed by atoms with Gasteiger partial charge in [-0.3, -0.25) is 4.98 Å². The maximum atomic E-state index is 14.1. The van der Waals surface area contributed by atoms with Crippen molar-refractivity contribution in [1.29, 1.82) is 0 Å². The second kappa shape index (κ2) is 6.97. The van der Waals surface area contributed by atoms with Crippen molar-refractivity contribution in [2.75, 3.05) is 25.1 Å². The number of anilines is 1. The van der Waals surface area contributed by atoms with E-state index in [0.717, 1.165) is 53.8 Å². The molecular formula is C21H21FN6O. The fourth-order valence-corrected chi connectivity index (χ4v) is 3.91. The van der Waals surface area contributed by atoms with Crippen LogP contribution in [0.15, 0.2) is 43.0 Å². The maximum Gasteiger partial charge on any atom is 0.167 e. The molecule has 0 bridgehead atoms. The van der Waals surface area contributed by atoms with Crippen LogP contribution in [0.2, 0.25) is 0 Å². The Hall–Kier alpha value is -3.26. The molecule has 4 heterocycles. The summed E-state index contributed by atoms with van der Waals surface area (Å²) in [5, 5.41) is 5.30. The van der Waals surface area contributed by atoms with E-state index in [2.05, 4.69) is 20.0 Å². The van der Waals surface area contributed by atoms with Crippen LogP contribution in [0.5, 0.6) is 5.75 Å². The summed E-state index contributed by atoms with van der Waals surface area (Å²) in [5.41, 5.74) is 10.1. The van der Waals surface area contributed by atoms with Gasteiger partial charge in [-0.1, -0.05) is 0 Å². The standard InChI is InChI=1S/C21H21FN6O/c1-29-20-8-16-15(2-5-24-19(16)9-18(20)22)17-11-26-28-12-14(10-25-21(17)28)27-6-3-13(23)4-7-27/h2,5,8-13H,3-4,6-7,23H2,1H3. The van der Waals surface area contributed by atoms with Gasteiger partial charge in [-0.25, -0.2) is 13.9 Å². The Bertz CT molecular complexity index is 1200. The molecule has 3 aromatic heterocycles. The molecule has 8 heteroatoms. The average Bonchev–Trinajstić information content (AvgIpc) is 3.16. The Morgan fingerprint density at radius 3 is 2.76 bits per heavy atom. The van der Waals surface area contributed by atoms with Crippen LogP contribution in [0.4, 0.5) is 10.1 Å². The number of ether oxygens (including phenoxy) is 1. The molecule has 2 N–H and O–H groups in total. The number of halogens is 1. The van der Waals surface area contributed by atoms with Gasteiger partial charge in [0.05, 0.1) is 36.9 Å². The quantitative estimate of drug-likeness (QED) is 0.577. The first-order valence-corrected chi connectivity index (χ1v) is 9.60. The first kappa shape index (κ1) is 17.8. The van der Waals surface area contributed by atoms with E-state index in [1.54, 1.807) is 23.0 Å². The van der Waals surface area contributed by atoms with Gasteiger partial charge in [-0.05, 0) is 30.5 Å². The largest absolute Gasteiger partial charge is 0.494 e. The minimum atomic E-state index is -0.437. The number of hydrogen-bond acceptors (Lipinski definition) is 6. The summed E-state index contributed by atoms with van der Waals surface area (Å²) >= 11 is 0. The fourth-order valence-electron chi connectivity index (χ4n) is 3.91. The van der Waals surface area contributed by atoms with Gasteiger partial charge in [0.1, 0.15) is 0 Å². The Morgan fingerprint density at radius 1 is 1.14 bits per heavy atom. The molecule has 1 aliphatic heterocycles. The number of piperidine rings is 1. The summed E-state index contributed by atoms with van der Waals surface area (Å²) in [6.45, 7) is 1.84. The van der Waals surface area contributed by atoms with E-state index in [0.29, 0.717) is 5.52 Å². The predicted octanol–water partition coefficient (Wildman–Crippen LogP) is 3.02. The van der Waals surface area contributed by atoms with Crippen molar-refractivity contribution < 1.29 is 9.13 Å². The van der Waals surface area contributed by atoms with Gasteiger partial charge >= 0.3 is 0 Å². The van der Waals surface area contributed by atoms with E-state index in [9.17, 15) is 4.39 Å². The van der Waals surface area contributed by atoms with Crippen molar-refractivity contribution in [2.45, 2.75) is 18.9 Å². The SMILES string of the molecule is COc1cc2c(-c3cnn4cc(N5CCC(N)CC5)cnc34)ccnc2cc1F. The molecule has 5 rings (SSSR count). The van der Waals surface area contributed by atoms with Crippen LogP contribution in [-0.4, -0.2) is 45.8 Å². The molecule has 1 saturated heterocycles. The summed E-state index contributed by atoms with van der Waals surface area (Å²) in [4.78, 5) is 11.3. The normalized spacial score (nSPS) is 15.3. The highest BCUT2D eigenvalue weighted by atomic mass is 19.1. The first-order valence-electron chi connectivity index (χ1n) is 9.60. The zero-order chi connectivity index (χ0) is 20.0. The van der Waals surface area contributed by atoms with Gasteiger partial charge in [0, 0.05) is 42.3 Å². The van der Waals surface area contributed by atoms with Crippen LogP contribution in [-0.2, 0) is 0 Å². The molecule has 0 unspecified atom stereocenters. The molecule has 4 aromatic rings. The number of hydrogen-bond donors (Lipinski definition) is 1. The number of rotatable bonds is 3. The molecule has 0 spiro atoms. The Kier molecular flexibility index (Phi) is 4.28. The van der Waals surface area contributed by atoms with Gasteiger partial charge in [-0.2, -0.15) is 5.10 Å². The molecule has 0 aliphatic carbocycles. The van der Waals surface area contributed by atoms with Crippen LogP contribution in [0.25, 0.3) is 27.7 Å². The van der Waals surface area contributed by atoms with E-state index < -0.39 is 5.82 Å².